The number of aliphatic imine (C=N–C) groups is 1. The van der Waals surface area contributed by atoms with Crippen molar-refractivity contribution in [2.24, 2.45) is 4.99 Å². The maximum absolute atomic E-state index is 12.6. The lowest BCUT2D eigenvalue weighted by Gasteiger charge is -2.10. The van der Waals surface area contributed by atoms with E-state index < -0.39 is 5.97 Å². The summed E-state index contributed by atoms with van der Waals surface area (Å²) in [4.78, 5) is 17.6. The second-order valence-corrected chi connectivity index (χ2v) is 7.26. The van der Waals surface area contributed by atoms with E-state index in [-0.39, 0.29) is 17.9 Å². The first-order valence-electron chi connectivity index (χ1n) is 9.47. The number of rotatable bonds is 7. The summed E-state index contributed by atoms with van der Waals surface area (Å²) >= 11 is 1.16. The van der Waals surface area contributed by atoms with Crippen molar-refractivity contribution in [3.63, 3.8) is 0 Å². The molecule has 31 heavy (non-hydrogen) atoms. The van der Waals surface area contributed by atoms with E-state index in [0.29, 0.717) is 38.4 Å². The second-order valence-electron chi connectivity index (χ2n) is 6.23. The Labute approximate surface area is 185 Å². The molecule has 0 spiro atoms. The molecule has 1 aliphatic rings. The van der Waals surface area contributed by atoms with Gasteiger partial charge in [0.1, 0.15) is 27.8 Å². The highest BCUT2D eigenvalue weighted by Gasteiger charge is 2.33. The van der Waals surface area contributed by atoms with Crippen molar-refractivity contribution >= 4 is 34.5 Å². The summed E-state index contributed by atoms with van der Waals surface area (Å²) < 4.78 is 21.3. The zero-order valence-electron chi connectivity index (χ0n) is 17.7. The molecule has 0 fully saturated rings. The topological polar surface area (TPSA) is 86.6 Å². The molecular formula is C23H23NO6S. The Kier molecular flexibility index (Phi) is 7.25. The normalized spacial score (nSPS) is 16.0. The standard InChI is InChI=1S/C23H23NO6S/c1-5-30-23(26)19-20(25)18(13-14-9-8-12-17(28-3)21(14)29-4)31-22(19)24-15-10-6-7-11-16(15)27-2/h6-13,25H,5H2,1-4H3/b18-13+,24-22?. The van der Waals surface area contributed by atoms with Gasteiger partial charge in [-0.2, -0.15) is 0 Å². The molecule has 3 rings (SSSR count). The van der Waals surface area contributed by atoms with Crippen LogP contribution in [0.5, 0.6) is 17.2 Å². The summed E-state index contributed by atoms with van der Waals surface area (Å²) in [5.74, 6) is 0.755. The van der Waals surface area contributed by atoms with Gasteiger partial charge in [-0.25, -0.2) is 9.79 Å². The van der Waals surface area contributed by atoms with E-state index in [9.17, 15) is 9.90 Å². The zero-order valence-corrected chi connectivity index (χ0v) is 18.5. The molecule has 0 saturated carbocycles. The summed E-state index contributed by atoms with van der Waals surface area (Å²) in [7, 11) is 4.63. The summed E-state index contributed by atoms with van der Waals surface area (Å²) in [6.45, 7) is 1.87. The minimum absolute atomic E-state index is 0.00543. The van der Waals surface area contributed by atoms with Crippen LogP contribution in [-0.2, 0) is 9.53 Å². The smallest absolute Gasteiger partial charge is 0.344 e. The van der Waals surface area contributed by atoms with E-state index in [2.05, 4.69) is 4.99 Å². The zero-order chi connectivity index (χ0) is 22.4. The molecule has 0 radical (unpaired) electrons. The van der Waals surface area contributed by atoms with Gasteiger partial charge in [0.25, 0.3) is 0 Å². The lowest BCUT2D eigenvalue weighted by molar-refractivity contribution is -0.138. The molecular weight excluding hydrogens is 418 g/mol. The number of methoxy groups -OCH3 is 3. The maximum Gasteiger partial charge on any atom is 0.344 e. The van der Waals surface area contributed by atoms with Crippen LogP contribution >= 0.6 is 11.8 Å². The van der Waals surface area contributed by atoms with Gasteiger partial charge in [0.2, 0.25) is 0 Å². The number of carbonyl (C=O) groups is 1. The Bertz CT molecular complexity index is 1070. The molecule has 162 valence electrons. The van der Waals surface area contributed by atoms with Gasteiger partial charge in [-0.15, -0.1) is 0 Å². The van der Waals surface area contributed by atoms with Crippen LogP contribution in [0.3, 0.4) is 0 Å². The molecule has 0 aliphatic carbocycles. The van der Waals surface area contributed by atoms with Crippen molar-refractivity contribution in [1.29, 1.82) is 0 Å². The minimum atomic E-state index is -0.651. The molecule has 0 unspecified atom stereocenters. The molecule has 7 nitrogen and oxygen atoms in total. The molecule has 0 saturated heterocycles. The summed E-state index contributed by atoms with van der Waals surface area (Å²) in [5.41, 5.74) is 1.21. The first-order valence-corrected chi connectivity index (χ1v) is 10.3. The van der Waals surface area contributed by atoms with Crippen molar-refractivity contribution in [3.8, 4) is 17.2 Å². The lowest BCUT2D eigenvalue weighted by Crippen LogP contribution is -2.12. The fourth-order valence-corrected chi connectivity index (χ4v) is 4.01. The van der Waals surface area contributed by atoms with Gasteiger partial charge in [-0.1, -0.05) is 36.0 Å². The highest BCUT2D eigenvalue weighted by Crippen LogP contribution is 2.43. The van der Waals surface area contributed by atoms with E-state index in [1.54, 1.807) is 45.4 Å². The van der Waals surface area contributed by atoms with Crippen molar-refractivity contribution in [3.05, 3.63) is 64.3 Å². The van der Waals surface area contributed by atoms with Crippen molar-refractivity contribution in [2.45, 2.75) is 6.92 Å². The Morgan fingerprint density at radius 2 is 1.74 bits per heavy atom. The Hall–Kier alpha value is -3.39. The number of ether oxygens (including phenoxy) is 4. The number of esters is 1. The monoisotopic (exact) mass is 441 g/mol. The summed E-state index contributed by atoms with van der Waals surface area (Å²) in [6.07, 6.45) is 1.71. The van der Waals surface area contributed by atoms with E-state index in [0.717, 1.165) is 11.8 Å². The van der Waals surface area contributed by atoms with Crippen molar-refractivity contribution in [2.75, 3.05) is 27.9 Å². The molecule has 1 aliphatic heterocycles. The third kappa shape index (κ3) is 4.69. The number of benzene rings is 2. The Morgan fingerprint density at radius 1 is 1.03 bits per heavy atom. The van der Waals surface area contributed by atoms with Gasteiger partial charge < -0.3 is 24.1 Å². The lowest BCUT2D eigenvalue weighted by atomic mass is 10.1. The SMILES string of the molecule is CCOC(=O)C1=C(O)/C(=C\c2cccc(OC)c2OC)SC1=Nc1ccccc1OC. The molecule has 1 N–H and O–H groups in total. The average molecular weight is 442 g/mol. The van der Waals surface area contributed by atoms with Crippen LogP contribution in [-0.4, -0.2) is 44.1 Å². The molecule has 0 bridgehead atoms. The number of carbonyl (C=O) groups excluding carboxylic acids is 1. The molecule has 8 heteroatoms. The number of aliphatic hydroxyl groups excluding tert-OH is 1. The molecule has 2 aromatic rings. The number of hydrogen-bond acceptors (Lipinski definition) is 8. The van der Waals surface area contributed by atoms with Crippen molar-refractivity contribution < 1.29 is 28.8 Å². The fourth-order valence-electron chi connectivity index (χ4n) is 2.99. The molecule has 0 aromatic heterocycles. The predicted octanol–water partition coefficient (Wildman–Crippen LogP) is 4.91. The first kappa shape index (κ1) is 22.3. The molecule has 2 aromatic carbocycles. The van der Waals surface area contributed by atoms with Crippen molar-refractivity contribution in [1.82, 2.24) is 0 Å². The largest absolute Gasteiger partial charge is 0.506 e. The molecule has 1 heterocycles. The summed E-state index contributed by atoms with van der Waals surface area (Å²) in [5, 5.41) is 11.2. The van der Waals surface area contributed by atoms with Gasteiger partial charge in [-0.05, 0) is 31.2 Å². The predicted molar refractivity (Wildman–Crippen MR) is 121 cm³/mol. The van der Waals surface area contributed by atoms with Crippen LogP contribution in [0.4, 0.5) is 5.69 Å². The van der Waals surface area contributed by atoms with Crippen LogP contribution in [0.15, 0.2) is 63.7 Å². The molecule has 0 atom stereocenters. The third-order valence-corrected chi connectivity index (χ3v) is 5.42. The summed E-state index contributed by atoms with van der Waals surface area (Å²) in [6, 6.07) is 12.6. The van der Waals surface area contributed by atoms with Crippen LogP contribution < -0.4 is 14.2 Å². The minimum Gasteiger partial charge on any atom is -0.506 e. The van der Waals surface area contributed by atoms with Gasteiger partial charge in [0.15, 0.2) is 11.5 Å². The van der Waals surface area contributed by atoms with E-state index in [1.807, 2.05) is 24.3 Å². The highest BCUT2D eigenvalue weighted by molar-refractivity contribution is 8.18. The maximum atomic E-state index is 12.6. The second kappa shape index (κ2) is 10.1. The molecule has 0 amide bonds. The first-order chi connectivity index (χ1) is 15.0. The number of aliphatic hydroxyl groups is 1. The van der Waals surface area contributed by atoms with Gasteiger partial charge in [-0.3, -0.25) is 0 Å². The van der Waals surface area contributed by atoms with Gasteiger partial charge in [0.05, 0.1) is 32.8 Å². The quantitative estimate of drug-likeness (QED) is 0.611. The number of hydrogen-bond donors (Lipinski definition) is 1. The Balaban J connectivity index is 2.12. The Morgan fingerprint density at radius 3 is 2.42 bits per heavy atom. The van der Waals surface area contributed by atoms with Gasteiger partial charge >= 0.3 is 5.97 Å². The van der Waals surface area contributed by atoms with E-state index >= 15 is 0 Å². The van der Waals surface area contributed by atoms with Gasteiger partial charge in [0, 0.05) is 5.56 Å². The van der Waals surface area contributed by atoms with Crippen LogP contribution in [0.25, 0.3) is 6.08 Å². The number of thioether (sulfide) groups is 1. The average Bonchev–Trinajstić information content (AvgIpc) is 3.08. The highest BCUT2D eigenvalue weighted by atomic mass is 32.2. The number of para-hydroxylation sites is 3. The van der Waals surface area contributed by atoms with Crippen LogP contribution in [0, 0.1) is 0 Å². The number of nitrogens with zero attached hydrogens (tertiary/aromatic N) is 1. The fraction of sp³-hybridized carbons (Fsp3) is 0.217. The van der Waals surface area contributed by atoms with Crippen LogP contribution in [0.2, 0.25) is 0 Å². The van der Waals surface area contributed by atoms with Crippen LogP contribution in [0.1, 0.15) is 12.5 Å². The van der Waals surface area contributed by atoms with E-state index in [4.69, 9.17) is 18.9 Å². The van der Waals surface area contributed by atoms with E-state index in [1.165, 1.54) is 7.11 Å². The third-order valence-electron chi connectivity index (χ3n) is 4.40.